The number of piperazine rings is 1. The molecule has 0 aliphatic carbocycles. The van der Waals surface area contributed by atoms with E-state index in [2.05, 4.69) is 9.88 Å². The van der Waals surface area contributed by atoms with E-state index in [0.717, 1.165) is 6.07 Å². The third-order valence-corrected chi connectivity index (χ3v) is 7.79. The number of benzene rings is 1. The number of nitrogens with zero attached hydrogens (tertiary/aromatic N) is 5. The minimum absolute atomic E-state index is 0.0284. The summed E-state index contributed by atoms with van der Waals surface area (Å²) in [4.78, 5) is 37.3. The summed E-state index contributed by atoms with van der Waals surface area (Å²) in [7, 11) is 0. The Hall–Kier alpha value is -3.15. The molecule has 12 heteroatoms. The van der Waals surface area contributed by atoms with Crippen LogP contribution in [0.3, 0.4) is 0 Å². The highest BCUT2D eigenvalue weighted by atomic mass is 19.4. The molecule has 2 aromatic rings. The number of pyridine rings is 1. The van der Waals surface area contributed by atoms with Gasteiger partial charge in [0.1, 0.15) is 23.5 Å². The lowest BCUT2D eigenvalue weighted by Gasteiger charge is -2.39. The SMILES string of the molecule is CC(C)(C)OC(=O)N1C[C@@H](N2CCN(c3cc(C(F)(F)F)nc4ccccc34)CC2)C[C@H]1C(=O)N1CC[C@@H](F)C1. The highest BCUT2D eigenvalue weighted by Crippen LogP contribution is 2.36. The molecule has 0 saturated carbocycles. The van der Waals surface area contributed by atoms with E-state index in [0.29, 0.717) is 50.2 Å². The monoisotopic (exact) mass is 565 g/mol. The second-order valence-electron chi connectivity index (χ2n) is 11.8. The molecule has 2 amide bonds. The van der Waals surface area contributed by atoms with Gasteiger partial charge in [0.25, 0.3) is 0 Å². The number of rotatable bonds is 3. The van der Waals surface area contributed by atoms with Crippen LogP contribution in [0.25, 0.3) is 10.9 Å². The van der Waals surface area contributed by atoms with Gasteiger partial charge in [0.15, 0.2) is 0 Å². The van der Waals surface area contributed by atoms with Crippen LogP contribution in [-0.4, -0.2) is 101 Å². The van der Waals surface area contributed by atoms with Gasteiger partial charge in [-0.05, 0) is 45.7 Å². The summed E-state index contributed by atoms with van der Waals surface area (Å²) in [6.07, 6.45) is -5.52. The van der Waals surface area contributed by atoms with Crippen molar-refractivity contribution in [1.29, 1.82) is 0 Å². The van der Waals surface area contributed by atoms with Gasteiger partial charge in [-0.2, -0.15) is 13.2 Å². The predicted octanol–water partition coefficient (Wildman–Crippen LogP) is 4.32. The summed E-state index contributed by atoms with van der Waals surface area (Å²) < 4.78 is 60.2. The minimum atomic E-state index is -4.56. The second kappa shape index (κ2) is 10.7. The smallest absolute Gasteiger partial charge is 0.433 e. The van der Waals surface area contributed by atoms with Crippen molar-refractivity contribution in [3.05, 3.63) is 36.0 Å². The molecular formula is C28H35F4N5O3. The van der Waals surface area contributed by atoms with Gasteiger partial charge in [-0.15, -0.1) is 0 Å². The molecule has 3 aliphatic rings. The van der Waals surface area contributed by atoms with Crippen LogP contribution in [-0.2, 0) is 15.7 Å². The lowest BCUT2D eigenvalue weighted by molar-refractivity contribution is -0.141. The lowest BCUT2D eigenvalue weighted by atomic mass is 10.1. The van der Waals surface area contributed by atoms with E-state index in [1.54, 1.807) is 45.0 Å². The van der Waals surface area contributed by atoms with Gasteiger partial charge >= 0.3 is 12.3 Å². The Morgan fingerprint density at radius 2 is 1.70 bits per heavy atom. The Labute approximate surface area is 230 Å². The molecule has 3 atom stereocenters. The number of ether oxygens (including phenoxy) is 1. The zero-order valence-electron chi connectivity index (χ0n) is 23.0. The average molecular weight is 566 g/mol. The fourth-order valence-corrected chi connectivity index (χ4v) is 5.86. The average Bonchev–Trinajstić information content (AvgIpc) is 3.53. The molecule has 3 fully saturated rings. The Morgan fingerprint density at radius 3 is 2.33 bits per heavy atom. The van der Waals surface area contributed by atoms with Gasteiger partial charge < -0.3 is 14.5 Å². The second-order valence-corrected chi connectivity index (χ2v) is 11.8. The first kappa shape index (κ1) is 28.4. The third-order valence-electron chi connectivity index (χ3n) is 7.79. The van der Waals surface area contributed by atoms with Gasteiger partial charge in [-0.25, -0.2) is 14.2 Å². The maximum atomic E-state index is 13.9. The van der Waals surface area contributed by atoms with Gasteiger partial charge in [0, 0.05) is 56.4 Å². The van der Waals surface area contributed by atoms with Crippen molar-refractivity contribution in [2.75, 3.05) is 50.7 Å². The lowest BCUT2D eigenvalue weighted by Crippen LogP contribution is -2.51. The fraction of sp³-hybridized carbons (Fsp3) is 0.607. The number of likely N-dealkylation sites (tertiary alicyclic amines) is 2. The van der Waals surface area contributed by atoms with E-state index in [-0.39, 0.29) is 37.0 Å². The molecule has 1 aromatic heterocycles. The molecule has 0 unspecified atom stereocenters. The summed E-state index contributed by atoms with van der Waals surface area (Å²) in [5.41, 5.74) is -0.889. The molecule has 3 aliphatic heterocycles. The van der Waals surface area contributed by atoms with Crippen LogP contribution in [0.15, 0.2) is 30.3 Å². The first-order valence-corrected chi connectivity index (χ1v) is 13.7. The van der Waals surface area contributed by atoms with Crippen LogP contribution >= 0.6 is 0 Å². The molecule has 8 nitrogen and oxygen atoms in total. The number of carbonyl (C=O) groups is 2. The topological polar surface area (TPSA) is 69.2 Å². The largest absolute Gasteiger partial charge is 0.444 e. The van der Waals surface area contributed by atoms with Crippen LogP contribution in [0, 0.1) is 0 Å². The number of carbonyl (C=O) groups excluding carboxylic acids is 2. The number of anilines is 1. The number of hydrogen-bond acceptors (Lipinski definition) is 6. The van der Waals surface area contributed by atoms with E-state index >= 15 is 0 Å². The van der Waals surface area contributed by atoms with E-state index in [4.69, 9.17) is 4.74 Å². The zero-order valence-corrected chi connectivity index (χ0v) is 23.0. The highest BCUT2D eigenvalue weighted by Gasteiger charge is 2.46. The number of hydrogen-bond donors (Lipinski definition) is 0. The number of halogens is 4. The maximum Gasteiger partial charge on any atom is 0.433 e. The van der Waals surface area contributed by atoms with Crippen molar-refractivity contribution in [2.45, 2.75) is 63.6 Å². The van der Waals surface area contributed by atoms with Crippen molar-refractivity contribution in [2.24, 2.45) is 0 Å². The van der Waals surface area contributed by atoms with Crippen molar-refractivity contribution in [1.82, 2.24) is 19.7 Å². The molecule has 0 N–H and O–H groups in total. The normalized spacial score (nSPS) is 24.7. The summed E-state index contributed by atoms with van der Waals surface area (Å²) in [6, 6.07) is 7.03. The summed E-state index contributed by atoms with van der Waals surface area (Å²) in [5.74, 6) is -0.268. The standard InChI is InChI=1S/C28H35F4N5O3/c1-27(2,3)40-26(39)37-17-19(14-23(37)25(38)36-9-8-18(29)16-36)34-10-12-35(13-11-34)22-15-24(28(30,31)32)33-21-7-5-4-6-20(21)22/h4-7,15,18-19,23H,8-14,16-17H2,1-3H3/t18-,19+,23+/m1/s1. The van der Waals surface area contributed by atoms with Crippen LogP contribution in [0.1, 0.15) is 39.3 Å². The minimum Gasteiger partial charge on any atom is -0.444 e. The maximum absolute atomic E-state index is 13.9. The van der Waals surface area contributed by atoms with Crippen molar-refractivity contribution in [3.8, 4) is 0 Å². The van der Waals surface area contributed by atoms with Crippen LogP contribution in [0.2, 0.25) is 0 Å². The molecule has 0 bridgehead atoms. The van der Waals surface area contributed by atoms with Crippen LogP contribution in [0.4, 0.5) is 28.0 Å². The molecular weight excluding hydrogens is 530 g/mol. The number of aromatic nitrogens is 1. The van der Waals surface area contributed by atoms with Gasteiger partial charge in [-0.3, -0.25) is 14.6 Å². The van der Waals surface area contributed by atoms with Crippen molar-refractivity contribution in [3.63, 3.8) is 0 Å². The van der Waals surface area contributed by atoms with E-state index < -0.39 is 35.8 Å². The molecule has 1 aromatic carbocycles. The molecule has 0 spiro atoms. The summed E-state index contributed by atoms with van der Waals surface area (Å²) in [6.45, 7) is 7.95. The van der Waals surface area contributed by atoms with E-state index in [9.17, 15) is 27.2 Å². The van der Waals surface area contributed by atoms with Gasteiger partial charge in [0.05, 0.1) is 12.1 Å². The van der Waals surface area contributed by atoms with E-state index in [1.807, 2.05) is 4.90 Å². The molecule has 0 radical (unpaired) electrons. The summed E-state index contributed by atoms with van der Waals surface area (Å²) in [5, 5.41) is 0.656. The Morgan fingerprint density at radius 1 is 1.00 bits per heavy atom. The Balaban J connectivity index is 1.32. The Bertz CT molecular complexity index is 1260. The Kier molecular flexibility index (Phi) is 7.58. The number of alkyl halides is 4. The van der Waals surface area contributed by atoms with Crippen molar-refractivity contribution >= 4 is 28.6 Å². The molecule has 4 heterocycles. The molecule has 218 valence electrons. The molecule has 3 saturated heterocycles. The van der Waals surface area contributed by atoms with Gasteiger partial charge in [0.2, 0.25) is 5.91 Å². The van der Waals surface area contributed by atoms with Crippen molar-refractivity contribution < 1.29 is 31.9 Å². The quantitative estimate of drug-likeness (QED) is 0.517. The number of amides is 2. The predicted molar refractivity (Wildman–Crippen MR) is 142 cm³/mol. The van der Waals surface area contributed by atoms with Gasteiger partial charge in [-0.1, -0.05) is 18.2 Å². The zero-order chi connectivity index (χ0) is 28.8. The summed E-state index contributed by atoms with van der Waals surface area (Å²) >= 11 is 0. The first-order valence-electron chi connectivity index (χ1n) is 13.7. The molecule has 40 heavy (non-hydrogen) atoms. The fourth-order valence-electron chi connectivity index (χ4n) is 5.86. The number of para-hydroxylation sites is 1. The van der Waals surface area contributed by atoms with E-state index in [1.165, 1.54) is 9.80 Å². The van der Waals surface area contributed by atoms with Crippen LogP contribution in [0.5, 0.6) is 0 Å². The first-order chi connectivity index (χ1) is 18.8. The third kappa shape index (κ3) is 5.96. The van der Waals surface area contributed by atoms with Crippen LogP contribution < -0.4 is 4.90 Å². The number of fused-ring (bicyclic) bond motifs is 1. The molecule has 5 rings (SSSR count). The highest BCUT2D eigenvalue weighted by molar-refractivity contribution is 5.92.